The Balaban J connectivity index is 2.47. The number of hydrogen-bond donors (Lipinski definition) is 1. The van der Waals surface area contributed by atoms with Crippen molar-refractivity contribution in [1.82, 2.24) is 0 Å². The number of methoxy groups -OCH3 is 1. The van der Waals surface area contributed by atoms with Crippen LogP contribution in [-0.2, 0) is 6.61 Å². The summed E-state index contributed by atoms with van der Waals surface area (Å²) in [7, 11) is 1.60. The van der Waals surface area contributed by atoms with E-state index in [1.807, 2.05) is 31.2 Å². The summed E-state index contributed by atoms with van der Waals surface area (Å²) in [5, 5.41) is 9.15. The van der Waals surface area contributed by atoms with E-state index in [-0.39, 0.29) is 6.61 Å². The van der Waals surface area contributed by atoms with Gasteiger partial charge in [0.15, 0.2) is 0 Å². The molecule has 0 aliphatic rings. The van der Waals surface area contributed by atoms with E-state index in [4.69, 9.17) is 14.3 Å². The van der Waals surface area contributed by atoms with Gasteiger partial charge in [0.1, 0.15) is 17.3 Å². The van der Waals surface area contributed by atoms with Crippen LogP contribution in [-0.4, -0.2) is 12.2 Å². The molecule has 0 unspecified atom stereocenters. The fourth-order valence-corrected chi connectivity index (χ4v) is 1.60. The van der Waals surface area contributed by atoms with E-state index in [0.29, 0.717) is 0 Å². The van der Waals surface area contributed by atoms with Crippen LogP contribution in [0.3, 0.4) is 0 Å². The number of furan rings is 1. The summed E-state index contributed by atoms with van der Waals surface area (Å²) >= 11 is 0. The van der Waals surface area contributed by atoms with Crippen LogP contribution in [0.2, 0.25) is 0 Å². The molecule has 1 aromatic heterocycles. The molecule has 0 saturated carbocycles. The summed E-state index contributed by atoms with van der Waals surface area (Å²) in [6.45, 7) is 1.89. The molecule has 3 heteroatoms. The summed E-state index contributed by atoms with van der Waals surface area (Å²) in [6.07, 6.45) is 0. The van der Waals surface area contributed by atoms with Gasteiger partial charge in [-0.25, -0.2) is 0 Å². The van der Waals surface area contributed by atoms with E-state index in [1.54, 1.807) is 13.2 Å². The van der Waals surface area contributed by atoms with Gasteiger partial charge >= 0.3 is 0 Å². The fraction of sp³-hybridized carbons (Fsp3) is 0.231. The van der Waals surface area contributed by atoms with Crippen LogP contribution in [0.25, 0.3) is 11.3 Å². The van der Waals surface area contributed by atoms with Gasteiger partial charge in [0.25, 0.3) is 0 Å². The van der Waals surface area contributed by atoms with Crippen LogP contribution in [0.5, 0.6) is 5.75 Å². The van der Waals surface area contributed by atoms with Gasteiger partial charge in [-0.05, 0) is 42.8 Å². The predicted octanol–water partition coefficient (Wildman–Crippen LogP) is 2.76. The zero-order valence-electron chi connectivity index (χ0n) is 9.36. The first-order chi connectivity index (χ1) is 7.72. The van der Waals surface area contributed by atoms with Gasteiger partial charge in [0, 0.05) is 5.56 Å². The van der Waals surface area contributed by atoms with Gasteiger partial charge in [-0.3, -0.25) is 0 Å². The van der Waals surface area contributed by atoms with Gasteiger partial charge in [0.05, 0.1) is 13.7 Å². The summed E-state index contributed by atoms with van der Waals surface area (Å²) in [6, 6.07) is 9.40. The van der Waals surface area contributed by atoms with Crippen molar-refractivity contribution >= 4 is 0 Å². The average Bonchev–Trinajstić information content (AvgIpc) is 2.75. The van der Waals surface area contributed by atoms with E-state index >= 15 is 0 Å². The van der Waals surface area contributed by atoms with E-state index in [9.17, 15) is 0 Å². The molecule has 0 amide bonds. The molecule has 0 atom stereocenters. The normalized spacial score (nSPS) is 10.4. The van der Waals surface area contributed by atoms with Crippen molar-refractivity contribution in [3.05, 3.63) is 41.7 Å². The third-order valence-corrected chi connectivity index (χ3v) is 2.41. The van der Waals surface area contributed by atoms with Crippen LogP contribution in [0.1, 0.15) is 11.3 Å². The highest BCUT2D eigenvalue weighted by atomic mass is 16.5. The summed E-state index contributed by atoms with van der Waals surface area (Å²) < 4.78 is 10.7. The highest BCUT2D eigenvalue weighted by molar-refractivity contribution is 5.61. The highest BCUT2D eigenvalue weighted by Gasteiger charge is 2.06. The molecule has 0 spiro atoms. The van der Waals surface area contributed by atoms with Crippen molar-refractivity contribution < 1.29 is 14.3 Å². The van der Waals surface area contributed by atoms with E-state index in [0.717, 1.165) is 28.4 Å². The minimum Gasteiger partial charge on any atom is -0.497 e. The number of aliphatic hydroxyl groups is 1. The minimum atomic E-state index is -0.0100. The molecule has 0 radical (unpaired) electrons. The number of benzene rings is 1. The van der Waals surface area contributed by atoms with Gasteiger partial charge < -0.3 is 14.3 Å². The Bertz CT molecular complexity index is 463. The largest absolute Gasteiger partial charge is 0.497 e. The second-order valence-electron chi connectivity index (χ2n) is 3.64. The Morgan fingerprint density at radius 1 is 1.25 bits per heavy atom. The molecule has 2 rings (SSSR count). The molecule has 16 heavy (non-hydrogen) atoms. The number of aliphatic hydroxyl groups excluding tert-OH is 1. The fourth-order valence-electron chi connectivity index (χ4n) is 1.60. The zero-order valence-corrected chi connectivity index (χ0v) is 9.36. The Morgan fingerprint density at radius 3 is 2.62 bits per heavy atom. The molecule has 3 nitrogen and oxygen atoms in total. The average molecular weight is 218 g/mol. The molecule has 0 aliphatic carbocycles. The molecule has 0 bridgehead atoms. The lowest BCUT2D eigenvalue weighted by Crippen LogP contribution is -1.89. The monoisotopic (exact) mass is 218 g/mol. The Morgan fingerprint density at radius 2 is 2.06 bits per heavy atom. The van der Waals surface area contributed by atoms with Gasteiger partial charge in [-0.1, -0.05) is 0 Å². The number of aryl methyl sites for hydroxylation is 1. The molecular weight excluding hydrogens is 204 g/mol. The first kappa shape index (κ1) is 10.8. The van der Waals surface area contributed by atoms with Crippen molar-refractivity contribution in [3.63, 3.8) is 0 Å². The van der Waals surface area contributed by atoms with E-state index < -0.39 is 0 Å². The maximum absolute atomic E-state index is 9.15. The third kappa shape index (κ3) is 2.09. The van der Waals surface area contributed by atoms with Gasteiger partial charge in [-0.15, -0.1) is 0 Å². The van der Waals surface area contributed by atoms with Crippen molar-refractivity contribution in [2.24, 2.45) is 0 Å². The Labute approximate surface area is 94.3 Å². The number of rotatable bonds is 3. The maximum Gasteiger partial charge on any atom is 0.134 e. The van der Waals surface area contributed by atoms with Crippen molar-refractivity contribution in [2.75, 3.05) is 7.11 Å². The lowest BCUT2D eigenvalue weighted by molar-refractivity contribution is 0.281. The summed E-state index contributed by atoms with van der Waals surface area (Å²) in [5.74, 6) is 2.37. The van der Waals surface area contributed by atoms with Gasteiger partial charge in [0.2, 0.25) is 0 Å². The predicted molar refractivity (Wildman–Crippen MR) is 61.4 cm³/mol. The highest BCUT2D eigenvalue weighted by Crippen LogP contribution is 2.27. The molecule has 0 saturated heterocycles. The van der Waals surface area contributed by atoms with Crippen LogP contribution in [0.15, 0.2) is 34.7 Å². The second-order valence-corrected chi connectivity index (χ2v) is 3.64. The maximum atomic E-state index is 9.15. The molecule has 1 N–H and O–H groups in total. The quantitative estimate of drug-likeness (QED) is 0.861. The zero-order chi connectivity index (χ0) is 11.5. The van der Waals surface area contributed by atoms with Crippen molar-refractivity contribution in [3.8, 4) is 17.1 Å². The SMILES string of the molecule is COc1cc(CO)cc(-c2ccc(C)o2)c1. The topological polar surface area (TPSA) is 42.6 Å². The minimum absolute atomic E-state index is 0.0100. The van der Waals surface area contributed by atoms with Crippen LogP contribution in [0, 0.1) is 6.92 Å². The molecular formula is C13H14O3. The number of ether oxygens (including phenoxy) is 1. The first-order valence-corrected chi connectivity index (χ1v) is 5.08. The lowest BCUT2D eigenvalue weighted by Gasteiger charge is -2.05. The third-order valence-electron chi connectivity index (χ3n) is 2.41. The molecule has 1 heterocycles. The number of hydrogen-bond acceptors (Lipinski definition) is 3. The summed E-state index contributed by atoms with van der Waals surface area (Å²) in [5.41, 5.74) is 1.72. The molecule has 84 valence electrons. The van der Waals surface area contributed by atoms with Crippen LogP contribution < -0.4 is 4.74 Å². The van der Waals surface area contributed by atoms with Crippen LogP contribution in [0.4, 0.5) is 0 Å². The Kier molecular flexibility index (Phi) is 2.97. The smallest absolute Gasteiger partial charge is 0.134 e. The Hall–Kier alpha value is -1.74. The first-order valence-electron chi connectivity index (χ1n) is 5.08. The second kappa shape index (κ2) is 4.41. The molecule has 0 fully saturated rings. The van der Waals surface area contributed by atoms with E-state index in [2.05, 4.69) is 0 Å². The van der Waals surface area contributed by atoms with Crippen molar-refractivity contribution in [2.45, 2.75) is 13.5 Å². The van der Waals surface area contributed by atoms with Gasteiger partial charge in [-0.2, -0.15) is 0 Å². The van der Waals surface area contributed by atoms with Crippen molar-refractivity contribution in [1.29, 1.82) is 0 Å². The molecule has 0 aliphatic heterocycles. The molecule has 2 aromatic rings. The summed E-state index contributed by atoms with van der Waals surface area (Å²) in [4.78, 5) is 0. The van der Waals surface area contributed by atoms with E-state index in [1.165, 1.54) is 0 Å². The molecule has 1 aromatic carbocycles. The lowest BCUT2D eigenvalue weighted by atomic mass is 10.1. The standard InChI is InChI=1S/C13H14O3/c1-9-3-4-13(16-9)11-5-10(8-14)6-12(7-11)15-2/h3-7,14H,8H2,1-2H3. The van der Waals surface area contributed by atoms with Crippen LogP contribution >= 0.6 is 0 Å².